The van der Waals surface area contributed by atoms with Crippen LogP contribution in [0.3, 0.4) is 0 Å². The van der Waals surface area contributed by atoms with Crippen LogP contribution >= 0.6 is 0 Å². The van der Waals surface area contributed by atoms with Gasteiger partial charge < -0.3 is 20.5 Å². The lowest BCUT2D eigenvalue weighted by Crippen LogP contribution is -2.51. The number of nitrogens with zero attached hydrogens (tertiary/aromatic N) is 3. The van der Waals surface area contributed by atoms with Gasteiger partial charge in [0.15, 0.2) is 0 Å². The number of fused-ring (bicyclic) bond motifs is 1. The Hall–Kier alpha value is -2.85. The molecule has 5 rings (SSSR count). The van der Waals surface area contributed by atoms with Crippen LogP contribution in [0.2, 0.25) is 0 Å². The van der Waals surface area contributed by atoms with Crippen LogP contribution in [0.25, 0.3) is 16.5 Å². The van der Waals surface area contributed by atoms with Crippen LogP contribution in [0, 0.1) is 0 Å². The van der Waals surface area contributed by atoms with E-state index >= 15 is 0 Å². The lowest BCUT2D eigenvalue weighted by molar-refractivity contribution is -0.135. The first kappa shape index (κ1) is 23.9. The lowest BCUT2D eigenvalue weighted by atomic mass is 9.98. The van der Waals surface area contributed by atoms with Crippen molar-refractivity contribution in [3.63, 3.8) is 0 Å². The molecule has 3 aliphatic heterocycles. The van der Waals surface area contributed by atoms with E-state index in [1.54, 1.807) is 6.07 Å². The highest BCUT2D eigenvalue weighted by molar-refractivity contribution is 7.88. The van der Waals surface area contributed by atoms with Crippen molar-refractivity contribution in [2.75, 3.05) is 43.9 Å². The number of benzene rings is 1. The Kier molecular flexibility index (Phi) is 6.35. The van der Waals surface area contributed by atoms with E-state index in [9.17, 15) is 18.0 Å². The van der Waals surface area contributed by atoms with E-state index in [1.807, 2.05) is 12.1 Å². The third kappa shape index (κ3) is 4.69. The van der Waals surface area contributed by atoms with Crippen molar-refractivity contribution >= 4 is 44.0 Å². The number of nitrogens with one attached hydrogen (secondary N) is 1. The van der Waals surface area contributed by atoms with E-state index in [0.29, 0.717) is 37.0 Å². The van der Waals surface area contributed by atoms with Crippen molar-refractivity contribution in [1.82, 2.24) is 14.2 Å². The van der Waals surface area contributed by atoms with Gasteiger partial charge in [0.1, 0.15) is 0 Å². The number of aromatic amines is 1. The Morgan fingerprint density at radius 3 is 2.63 bits per heavy atom. The molecule has 1 atom stereocenters. The van der Waals surface area contributed by atoms with Gasteiger partial charge in [0.05, 0.1) is 17.3 Å². The van der Waals surface area contributed by atoms with Gasteiger partial charge in [-0.25, -0.2) is 8.42 Å². The van der Waals surface area contributed by atoms with Gasteiger partial charge in [-0.3, -0.25) is 9.59 Å². The molecule has 1 aromatic heterocycles. The van der Waals surface area contributed by atoms with Crippen molar-refractivity contribution < 1.29 is 18.0 Å². The fourth-order valence-electron chi connectivity index (χ4n) is 5.70. The van der Waals surface area contributed by atoms with Crippen LogP contribution in [0.4, 0.5) is 5.69 Å². The van der Waals surface area contributed by atoms with Gasteiger partial charge in [-0.2, -0.15) is 4.31 Å². The third-order valence-corrected chi connectivity index (χ3v) is 8.83. The molecule has 0 unspecified atom stereocenters. The Morgan fingerprint density at radius 1 is 1.11 bits per heavy atom. The Balaban J connectivity index is 1.48. The Morgan fingerprint density at radius 2 is 1.94 bits per heavy atom. The molecule has 9 nitrogen and oxygen atoms in total. The number of H-pyrrole nitrogens is 1. The maximum Gasteiger partial charge on any atom is 0.250 e. The minimum absolute atomic E-state index is 0.198. The largest absolute Gasteiger partial charge is 0.369 e. The maximum absolute atomic E-state index is 12.5. The number of aromatic nitrogens is 1. The zero-order valence-corrected chi connectivity index (χ0v) is 20.9. The normalized spacial score (nSPS) is 22.5. The summed E-state index contributed by atoms with van der Waals surface area (Å²) in [5.41, 5.74) is 9.76. The van der Waals surface area contributed by atoms with Gasteiger partial charge in [-0.05, 0) is 55.9 Å². The zero-order valence-electron chi connectivity index (χ0n) is 20.1. The molecular weight excluding hydrogens is 466 g/mol. The predicted octanol–water partition coefficient (Wildman–Crippen LogP) is 2.30. The van der Waals surface area contributed by atoms with Crippen molar-refractivity contribution in [2.45, 2.75) is 44.6 Å². The van der Waals surface area contributed by atoms with E-state index in [2.05, 4.69) is 20.9 Å². The number of carbonyl (C=O) groups is 2. The molecule has 0 aliphatic carbocycles. The van der Waals surface area contributed by atoms with Crippen LogP contribution in [-0.2, 0) is 14.8 Å². The van der Waals surface area contributed by atoms with Crippen molar-refractivity contribution in [2.24, 2.45) is 5.73 Å². The molecule has 2 amide bonds. The molecule has 10 heteroatoms. The number of primary amides is 1. The summed E-state index contributed by atoms with van der Waals surface area (Å²) in [4.78, 5) is 32.5. The SMILES string of the molecule is CS(=O)(=O)N1CC=C(c2cc3c(N4CCC[C@@H](N5CCCCC5=O)C4)ccc(C(N)=O)c3[nH]2)CC1. The smallest absolute Gasteiger partial charge is 0.250 e. The van der Waals surface area contributed by atoms with Gasteiger partial charge in [0.25, 0.3) is 5.91 Å². The fraction of sp³-hybridized carbons (Fsp3) is 0.520. The second kappa shape index (κ2) is 9.31. The number of hydrogen-bond donors (Lipinski definition) is 2. The molecule has 0 bridgehead atoms. The predicted molar refractivity (Wildman–Crippen MR) is 137 cm³/mol. The molecule has 1 aromatic carbocycles. The lowest BCUT2D eigenvalue weighted by Gasteiger charge is -2.42. The summed E-state index contributed by atoms with van der Waals surface area (Å²) in [6, 6.07) is 5.98. The van der Waals surface area contributed by atoms with Gasteiger partial charge in [-0.1, -0.05) is 6.08 Å². The number of sulfonamides is 1. The zero-order chi connectivity index (χ0) is 24.7. The van der Waals surface area contributed by atoms with Crippen LogP contribution in [0.1, 0.15) is 54.6 Å². The van der Waals surface area contributed by atoms with E-state index in [1.165, 1.54) is 10.6 Å². The average Bonchev–Trinajstić information content (AvgIpc) is 3.28. The highest BCUT2D eigenvalue weighted by atomic mass is 32.2. The quantitative estimate of drug-likeness (QED) is 0.654. The molecule has 2 aromatic rings. The minimum atomic E-state index is -3.23. The van der Waals surface area contributed by atoms with Crippen LogP contribution in [-0.4, -0.2) is 79.4 Å². The second-order valence-electron chi connectivity index (χ2n) is 9.85. The number of rotatable bonds is 5. The van der Waals surface area contributed by atoms with Crippen molar-refractivity contribution in [1.29, 1.82) is 0 Å². The monoisotopic (exact) mass is 499 g/mol. The first-order valence-electron chi connectivity index (χ1n) is 12.4. The molecular formula is C25H33N5O4S. The Labute approximate surface area is 206 Å². The van der Waals surface area contributed by atoms with Crippen molar-refractivity contribution in [3.05, 3.63) is 35.5 Å². The topological polar surface area (TPSA) is 120 Å². The van der Waals surface area contributed by atoms with E-state index in [-0.39, 0.29) is 11.9 Å². The summed E-state index contributed by atoms with van der Waals surface area (Å²) < 4.78 is 25.2. The van der Waals surface area contributed by atoms with E-state index in [0.717, 1.165) is 67.7 Å². The molecule has 4 heterocycles. The molecule has 35 heavy (non-hydrogen) atoms. The summed E-state index contributed by atoms with van der Waals surface area (Å²) in [7, 11) is -3.23. The summed E-state index contributed by atoms with van der Waals surface area (Å²) in [5.74, 6) is -0.236. The standard InChI is InChI=1S/C25H33N5O4S/c1-35(33,34)29-13-9-17(10-14-29)21-15-20-22(8-7-19(25(26)32)24(20)27-21)28-11-4-5-18(16-28)30-12-3-2-6-23(30)31/h7-9,15,18,27H,2-6,10-14,16H2,1H3,(H2,26,32)/t18-/m1/s1. The van der Waals surface area contributed by atoms with E-state index < -0.39 is 15.9 Å². The number of likely N-dealkylation sites (tertiary alicyclic amines) is 1. The fourth-order valence-corrected chi connectivity index (χ4v) is 6.46. The van der Waals surface area contributed by atoms with Crippen LogP contribution < -0.4 is 10.6 Å². The minimum Gasteiger partial charge on any atom is -0.369 e. The molecule has 3 N–H and O–H groups in total. The highest BCUT2D eigenvalue weighted by Gasteiger charge is 2.31. The van der Waals surface area contributed by atoms with Crippen LogP contribution in [0.5, 0.6) is 0 Å². The number of hydrogen-bond acceptors (Lipinski definition) is 5. The molecule has 0 spiro atoms. The first-order valence-corrected chi connectivity index (χ1v) is 14.2. The highest BCUT2D eigenvalue weighted by Crippen LogP contribution is 2.35. The molecule has 3 aliphatic rings. The summed E-state index contributed by atoms with van der Waals surface area (Å²) in [6.07, 6.45) is 8.42. The number of amides is 2. The average molecular weight is 500 g/mol. The Bertz CT molecular complexity index is 1300. The van der Waals surface area contributed by atoms with Gasteiger partial charge in [-0.15, -0.1) is 0 Å². The molecule has 2 fully saturated rings. The number of carbonyl (C=O) groups excluding carboxylic acids is 2. The third-order valence-electron chi connectivity index (χ3n) is 7.56. The number of anilines is 1. The summed E-state index contributed by atoms with van der Waals surface area (Å²) in [6.45, 7) is 3.24. The first-order chi connectivity index (χ1) is 16.7. The van der Waals surface area contributed by atoms with Crippen LogP contribution in [0.15, 0.2) is 24.3 Å². The number of piperidine rings is 2. The summed E-state index contributed by atoms with van der Waals surface area (Å²) >= 11 is 0. The van der Waals surface area contributed by atoms with Gasteiger partial charge >= 0.3 is 0 Å². The summed E-state index contributed by atoms with van der Waals surface area (Å²) in [5, 5.41) is 0.924. The molecule has 188 valence electrons. The van der Waals surface area contributed by atoms with Crippen molar-refractivity contribution in [3.8, 4) is 0 Å². The van der Waals surface area contributed by atoms with Gasteiger partial charge in [0, 0.05) is 62.0 Å². The molecule has 2 saturated heterocycles. The van der Waals surface area contributed by atoms with E-state index in [4.69, 9.17) is 5.73 Å². The second-order valence-corrected chi connectivity index (χ2v) is 11.8. The number of nitrogens with two attached hydrogens (primary N) is 1. The maximum atomic E-state index is 12.5. The van der Waals surface area contributed by atoms with Gasteiger partial charge in [0.2, 0.25) is 15.9 Å². The molecule has 0 radical (unpaired) electrons. The molecule has 0 saturated carbocycles.